The van der Waals surface area contributed by atoms with Crippen molar-refractivity contribution in [2.45, 2.75) is 38.5 Å². The predicted molar refractivity (Wildman–Crippen MR) is 120 cm³/mol. The number of oxazole rings is 1. The van der Waals surface area contributed by atoms with Crippen LogP contribution in [0.25, 0.3) is 22.2 Å². The Bertz CT molecular complexity index is 1180. The fraction of sp³-hybridized carbons (Fsp3) is 0.375. The van der Waals surface area contributed by atoms with Crippen molar-refractivity contribution in [3.8, 4) is 17.2 Å². The third-order valence-corrected chi connectivity index (χ3v) is 5.62. The van der Waals surface area contributed by atoms with E-state index in [1.165, 1.54) is 0 Å². The summed E-state index contributed by atoms with van der Waals surface area (Å²) in [6.07, 6.45) is 0.690. The van der Waals surface area contributed by atoms with E-state index >= 15 is 0 Å². The number of ether oxygens (including phenoxy) is 1. The van der Waals surface area contributed by atoms with Crippen LogP contribution < -0.4 is 16.4 Å². The monoisotopic (exact) mass is 434 g/mol. The number of nitrogens with one attached hydrogen (secondary N) is 2. The summed E-state index contributed by atoms with van der Waals surface area (Å²) >= 11 is 0. The van der Waals surface area contributed by atoms with Gasteiger partial charge in [0.05, 0.1) is 11.6 Å². The molecule has 1 aliphatic heterocycles. The molecule has 0 saturated carbocycles. The number of hydrogen-bond acceptors (Lipinski definition) is 6. The summed E-state index contributed by atoms with van der Waals surface area (Å²) < 4.78 is 12.4. The van der Waals surface area contributed by atoms with Gasteiger partial charge in [-0.15, -0.1) is 0 Å². The Labute approximate surface area is 185 Å². The molecule has 2 heterocycles. The third-order valence-electron chi connectivity index (χ3n) is 5.62. The molecule has 1 unspecified atom stereocenters. The van der Waals surface area contributed by atoms with Crippen LogP contribution in [0.3, 0.4) is 0 Å². The quantitative estimate of drug-likeness (QED) is 0.616. The number of nitriles is 1. The van der Waals surface area contributed by atoms with Crippen LogP contribution in [0.1, 0.15) is 18.9 Å². The highest BCUT2D eigenvalue weighted by Crippen LogP contribution is 2.25. The smallest absolute Gasteiger partial charge is 0.408 e. The molecular formula is C24H26N4O4. The number of fused-ring (bicyclic) bond motifs is 1. The van der Waals surface area contributed by atoms with E-state index in [-0.39, 0.29) is 11.7 Å². The van der Waals surface area contributed by atoms with Crippen LogP contribution in [0.5, 0.6) is 0 Å². The van der Waals surface area contributed by atoms with Crippen LogP contribution in [0.4, 0.5) is 0 Å². The van der Waals surface area contributed by atoms with Gasteiger partial charge in [-0.3, -0.25) is 9.36 Å². The molecule has 4 rings (SSSR count). The van der Waals surface area contributed by atoms with Crippen molar-refractivity contribution in [2.24, 2.45) is 0 Å². The zero-order valence-corrected chi connectivity index (χ0v) is 18.0. The second-order valence-corrected chi connectivity index (χ2v) is 7.80. The maximum Gasteiger partial charge on any atom is 0.419 e. The zero-order valence-electron chi connectivity index (χ0n) is 18.0. The topological polar surface area (TPSA) is 109 Å². The number of carbonyl (C=O) groups excluding carboxylic acids is 1. The molecule has 2 aromatic carbocycles. The second-order valence-electron chi connectivity index (χ2n) is 7.80. The van der Waals surface area contributed by atoms with Gasteiger partial charge in [0.15, 0.2) is 5.58 Å². The van der Waals surface area contributed by atoms with Crippen LogP contribution >= 0.6 is 0 Å². The van der Waals surface area contributed by atoms with E-state index in [9.17, 15) is 14.9 Å². The van der Waals surface area contributed by atoms with E-state index in [1.54, 1.807) is 10.6 Å². The van der Waals surface area contributed by atoms with Crippen LogP contribution in [-0.4, -0.2) is 42.3 Å². The molecule has 1 aliphatic rings. The van der Waals surface area contributed by atoms with Crippen LogP contribution in [-0.2, 0) is 22.5 Å². The molecular weight excluding hydrogens is 408 g/mol. The van der Waals surface area contributed by atoms with E-state index in [2.05, 4.69) is 16.7 Å². The summed E-state index contributed by atoms with van der Waals surface area (Å²) in [5.74, 6) is -0.623. The lowest BCUT2D eigenvalue weighted by Crippen LogP contribution is -2.46. The van der Waals surface area contributed by atoms with Crippen molar-refractivity contribution in [1.82, 2.24) is 15.2 Å². The fourth-order valence-electron chi connectivity index (χ4n) is 3.89. The number of aromatic nitrogens is 1. The molecule has 2 atom stereocenters. The van der Waals surface area contributed by atoms with Crippen LogP contribution in [0.15, 0.2) is 51.7 Å². The molecule has 0 aliphatic carbocycles. The lowest BCUT2D eigenvalue weighted by Gasteiger charge is -2.18. The number of carbonyl (C=O) groups is 1. The molecule has 32 heavy (non-hydrogen) atoms. The number of rotatable bonds is 6. The van der Waals surface area contributed by atoms with Gasteiger partial charge in [-0.2, -0.15) is 5.26 Å². The summed E-state index contributed by atoms with van der Waals surface area (Å²) in [5, 5.41) is 15.5. The first-order chi connectivity index (χ1) is 15.6. The Kier molecular flexibility index (Phi) is 6.69. The van der Waals surface area contributed by atoms with Crippen molar-refractivity contribution in [3.05, 3.63) is 58.6 Å². The van der Waals surface area contributed by atoms with Gasteiger partial charge in [0, 0.05) is 26.1 Å². The van der Waals surface area contributed by atoms with Gasteiger partial charge in [-0.1, -0.05) is 30.3 Å². The first-order valence-corrected chi connectivity index (χ1v) is 10.8. The zero-order chi connectivity index (χ0) is 22.5. The lowest BCUT2D eigenvalue weighted by molar-refractivity contribution is -0.132. The normalized spacial score (nSPS) is 17.4. The van der Waals surface area contributed by atoms with Crippen molar-refractivity contribution >= 4 is 17.0 Å². The van der Waals surface area contributed by atoms with Crippen molar-refractivity contribution in [2.75, 3.05) is 19.7 Å². The Morgan fingerprint density at radius 2 is 2.06 bits per heavy atom. The lowest BCUT2D eigenvalue weighted by atomic mass is 10.0. The summed E-state index contributed by atoms with van der Waals surface area (Å²) in [6, 6.07) is 15.0. The first-order valence-electron chi connectivity index (χ1n) is 10.8. The van der Waals surface area contributed by atoms with Crippen LogP contribution in [0.2, 0.25) is 0 Å². The van der Waals surface area contributed by atoms with Gasteiger partial charge in [-0.25, -0.2) is 4.79 Å². The minimum atomic E-state index is -0.638. The summed E-state index contributed by atoms with van der Waals surface area (Å²) in [7, 11) is 0. The molecule has 2 N–H and O–H groups in total. The number of hydrogen-bond donors (Lipinski definition) is 2. The standard InChI is InChI=1S/C24H26N4O4/c1-2-28-20-13-18(8-9-21(20)32-24(28)30)17-6-4-16(5-7-17)12-19(14-25)27-23(29)22-15-26-10-3-11-31-22/h4-9,13,19,22,26H,2-3,10-12,15H2,1H3,(H,27,29)/t19?,22-/m0/s1. The van der Waals surface area contributed by atoms with Gasteiger partial charge in [0.1, 0.15) is 12.1 Å². The van der Waals surface area contributed by atoms with E-state index in [4.69, 9.17) is 9.15 Å². The molecule has 1 amide bonds. The van der Waals surface area contributed by atoms with Crippen molar-refractivity contribution in [3.63, 3.8) is 0 Å². The number of nitrogens with zero attached hydrogens (tertiary/aromatic N) is 2. The minimum absolute atomic E-state index is 0.266. The van der Waals surface area contributed by atoms with Crippen molar-refractivity contribution < 1.29 is 13.9 Å². The van der Waals surface area contributed by atoms with Crippen LogP contribution in [0, 0.1) is 11.3 Å². The average molecular weight is 434 g/mol. The molecule has 166 valence electrons. The molecule has 0 spiro atoms. The maximum atomic E-state index is 12.5. The summed E-state index contributed by atoms with van der Waals surface area (Å²) in [5.41, 5.74) is 4.23. The second kappa shape index (κ2) is 9.81. The molecule has 0 bridgehead atoms. The Balaban J connectivity index is 1.45. The summed E-state index contributed by atoms with van der Waals surface area (Å²) in [4.78, 5) is 24.4. The minimum Gasteiger partial charge on any atom is -0.408 e. The Hall–Kier alpha value is -3.41. The third kappa shape index (κ3) is 4.74. The van der Waals surface area contributed by atoms with Gasteiger partial charge >= 0.3 is 5.76 Å². The van der Waals surface area contributed by atoms with Gasteiger partial charge in [0.25, 0.3) is 5.91 Å². The van der Waals surface area contributed by atoms with E-state index < -0.39 is 12.1 Å². The van der Waals surface area contributed by atoms with Gasteiger partial charge < -0.3 is 19.8 Å². The average Bonchev–Trinajstić information content (AvgIpc) is 2.96. The van der Waals surface area contributed by atoms with E-state index in [1.807, 2.05) is 43.3 Å². The molecule has 1 aromatic heterocycles. The number of amides is 1. The molecule has 8 heteroatoms. The molecule has 0 radical (unpaired) electrons. The fourth-order valence-corrected chi connectivity index (χ4v) is 3.89. The number of aryl methyl sites for hydroxylation is 1. The molecule has 1 saturated heterocycles. The first kappa shape index (κ1) is 21.8. The highest BCUT2D eigenvalue weighted by molar-refractivity contribution is 5.82. The predicted octanol–water partition coefficient (Wildman–Crippen LogP) is 2.21. The Morgan fingerprint density at radius 3 is 2.81 bits per heavy atom. The van der Waals surface area contributed by atoms with E-state index in [0.717, 1.165) is 35.2 Å². The SMILES string of the molecule is CCn1c(=O)oc2ccc(-c3ccc(CC(C#N)NC(=O)[C@@H]4CNCCCO4)cc3)cc21. The van der Waals surface area contributed by atoms with Gasteiger partial charge in [-0.05, 0) is 48.7 Å². The Morgan fingerprint density at radius 1 is 1.28 bits per heavy atom. The van der Waals surface area contributed by atoms with Gasteiger partial charge in [0.2, 0.25) is 0 Å². The van der Waals surface area contributed by atoms with Crippen molar-refractivity contribution in [1.29, 1.82) is 5.26 Å². The maximum absolute atomic E-state index is 12.5. The summed E-state index contributed by atoms with van der Waals surface area (Å²) in [6.45, 7) is 4.24. The highest BCUT2D eigenvalue weighted by atomic mass is 16.5. The largest absolute Gasteiger partial charge is 0.419 e. The molecule has 8 nitrogen and oxygen atoms in total. The highest BCUT2D eigenvalue weighted by Gasteiger charge is 2.23. The number of benzene rings is 2. The molecule has 1 fully saturated rings. The molecule has 3 aromatic rings. The van der Waals surface area contributed by atoms with E-state index in [0.29, 0.717) is 31.7 Å².